The molecule has 3 amide bonds. The maximum Gasteiger partial charge on any atom is 0.274 e. The number of carbonyl (C=O) groups is 3. The Labute approximate surface area is 209 Å². The summed E-state index contributed by atoms with van der Waals surface area (Å²) < 4.78 is 14.6. The Hall–Kier alpha value is -4.01. The number of fused-ring (bicyclic) bond motifs is 1. The van der Waals surface area contributed by atoms with Crippen LogP contribution in [0, 0.1) is 5.82 Å². The minimum atomic E-state index is -0.329. The second kappa shape index (κ2) is 11.6. The summed E-state index contributed by atoms with van der Waals surface area (Å²) in [6.07, 6.45) is 0.866. The van der Waals surface area contributed by atoms with E-state index in [1.54, 1.807) is 32.7 Å². The van der Waals surface area contributed by atoms with Gasteiger partial charge in [-0.15, -0.1) is 0 Å². The first-order valence-electron chi connectivity index (χ1n) is 12.2. The van der Waals surface area contributed by atoms with Gasteiger partial charge in [-0.2, -0.15) is 5.10 Å². The van der Waals surface area contributed by atoms with Gasteiger partial charge >= 0.3 is 0 Å². The van der Waals surface area contributed by atoms with Gasteiger partial charge in [0.05, 0.1) is 0 Å². The van der Waals surface area contributed by atoms with E-state index >= 15 is 0 Å². The lowest BCUT2D eigenvalue weighted by Crippen LogP contribution is -2.35. The number of amides is 3. The zero-order valence-corrected chi connectivity index (χ0v) is 20.3. The number of nitrogens with zero attached hydrogens (tertiary/aromatic N) is 4. The number of aryl methyl sites for hydroxylation is 1. The van der Waals surface area contributed by atoms with Crippen molar-refractivity contribution in [3.05, 3.63) is 89.0 Å². The summed E-state index contributed by atoms with van der Waals surface area (Å²) in [4.78, 5) is 42.0. The molecule has 0 bridgehead atoms. The van der Waals surface area contributed by atoms with E-state index in [1.807, 2.05) is 37.3 Å². The lowest BCUT2D eigenvalue weighted by Gasteiger charge is -2.20. The highest BCUT2D eigenvalue weighted by molar-refractivity contribution is 5.98. The predicted molar refractivity (Wildman–Crippen MR) is 132 cm³/mol. The SMILES string of the molecule is CCN(CCC(=O)NCc1ccc(F)cc1)C(=O)c1cc2n(n1)CCCN(Cc1ccccc1)C2=O. The van der Waals surface area contributed by atoms with Crippen molar-refractivity contribution in [3.8, 4) is 0 Å². The largest absolute Gasteiger partial charge is 0.352 e. The summed E-state index contributed by atoms with van der Waals surface area (Å²) in [5, 5.41) is 7.21. The highest BCUT2D eigenvalue weighted by Gasteiger charge is 2.27. The van der Waals surface area contributed by atoms with Crippen LogP contribution in [0.1, 0.15) is 51.9 Å². The first kappa shape index (κ1) is 25.1. The number of nitrogens with one attached hydrogen (secondary N) is 1. The molecule has 9 heteroatoms. The van der Waals surface area contributed by atoms with E-state index in [4.69, 9.17) is 0 Å². The Morgan fingerprint density at radius 3 is 2.53 bits per heavy atom. The van der Waals surface area contributed by atoms with Crippen molar-refractivity contribution in [1.29, 1.82) is 0 Å². The molecule has 1 aliphatic rings. The van der Waals surface area contributed by atoms with E-state index in [-0.39, 0.29) is 48.7 Å². The lowest BCUT2D eigenvalue weighted by atomic mass is 10.2. The molecule has 0 unspecified atom stereocenters. The van der Waals surface area contributed by atoms with Crippen LogP contribution in [-0.4, -0.2) is 56.9 Å². The molecule has 188 valence electrons. The molecule has 36 heavy (non-hydrogen) atoms. The number of carbonyl (C=O) groups excluding carboxylic acids is 3. The number of rotatable bonds is 9. The molecule has 0 spiro atoms. The molecule has 2 heterocycles. The highest BCUT2D eigenvalue weighted by Crippen LogP contribution is 2.17. The van der Waals surface area contributed by atoms with E-state index < -0.39 is 0 Å². The van der Waals surface area contributed by atoms with Gasteiger partial charge in [-0.05, 0) is 36.6 Å². The van der Waals surface area contributed by atoms with Crippen LogP contribution < -0.4 is 5.32 Å². The Morgan fingerprint density at radius 2 is 1.81 bits per heavy atom. The van der Waals surface area contributed by atoms with Crippen molar-refractivity contribution in [1.82, 2.24) is 24.9 Å². The number of hydrogen-bond acceptors (Lipinski definition) is 4. The monoisotopic (exact) mass is 491 g/mol. The van der Waals surface area contributed by atoms with Crippen LogP contribution in [0.5, 0.6) is 0 Å². The summed E-state index contributed by atoms with van der Waals surface area (Å²) in [5.74, 6) is -1.000. The number of aromatic nitrogens is 2. The van der Waals surface area contributed by atoms with Crippen molar-refractivity contribution in [2.45, 2.75) is 39.4 Å². The predicted octanol–water partition coefficient (Wildman–Crippen LogP) is 3.24. The fourth-order valence-corrected chi connectivity index (χ4v) is 4.19. The molecule has 0 radical (unpaired) electrons. The first-order valence-corrected chi connectivity index (χ1v) is 12.2. The molecular weight excluding hydrogens is 461 g/mol. The zero-order valence-electron chi connectivity index (χ0n) is 20.3. The Morgan fingerprint density at radius 1 is 1.06 bits per heavy atom. The van der Waals surface area contributed by atoms with Crippen LogP contribution in [-0.2, 0) is 24.4 Å². The molecule has 0 saturated heterocycles. The van der Waals surface area contributed by atoms with Crippen LogP contribution in [0.2, 0.25) is 0 Å². The number of benzene rings is 2. The van der Waals surface area contributed by atoms with E-state index in [0.29, 0.717) is 31.9 Å². The normalized spacial score (nSPS) is 13.2. The topological polar surface area (TPSA) is 87.5 Å². The zero-order chi connectivity index (χ0) is 25.5. The smallest absolute Gasteiger partial charge is 0.274 e. The lowest BCUT2D eigenvalue weighted by molar-refractivity contribution is -0.121. The van der Waals surface area contributed by atoms with Crippen LogP contribution in [0.4, 0.5) is 4.39 Å². The second-order valence-electron chi connectivity index (χ2n) is 8.74. The van der Waals surface area contributed by atoms with Gasteiger partial charge in [0.1, 0.15) is 11.5 Å². The summed E-state index contributed by atoms with van der Waals surface area (Å²) >= 11 is 0. The number of hydrogen-bond donors (Lipinski definition) is 1. The van der Waals surface area contributed by atoms with Crippen molar-refractivity contribution in [3.63, 3.8) is 0 Å². The Balaban J connectivity index is 1.36. The van der Waals surface area contributed by atoms with E-state index in [2.05, 4.69) is 10.4 Å². The molecule has 0 saturated carbocycles. The summed E-state index contributed by atoms with van der Waals surface area (Å²) in [5.41, 5.74) is 2.44. The Bertz CT molecular complexity index is 1210. The molecule has 0 atom stereocenters. The molecule has 0 aliphatic carbocycles. The fourth-order valence-electron chi connectivity index (χ4n) is 4.19. The van der Waals surface area contributed by atoms with Gasteiger partial charge in [0, 0.05) is 51.8 Å². The molecule has 3 aromatic rings. The van der Waals surface area contributed by atoms with E-state index in [0.717, 1.165) is 17.5 Å². The van der Waals surface area contributed by atoms with Gasteiger partial charge in [-0.25, -0.2) is 4.39 Å². The van der Waals surface area contributed by atoms with Gasteiger partial charge in [0.2, 0.25) is 5.91 Å². The third-order valence-electron chi connectivity index (χ3n) is 6.20. The average molecular weight is 492 g/mol. The standard InChI is InChI=1S/C27H30FN5O3/c1-2-31(16-13-25(34)29-18-20-9-11-22(28)12-10-20)26(35)23-17-24-27(36)32(14-6-15-33(24)30-23)19-21-7-4-3-5-8-21/h3-5,7-12,17H,2,6,13-16,18-19H2,1H3,(H,29,34). The van der Waals surface area contributed by atoms with Gasteiger partial charge < -0.3 is 15.1 Å². The van der Waals surface area contributed by atoms with Gasteiger partial charge in [-0.3, -0.25) is 19.1 Å². The van der Waals surface area contributed by atoms with E-state index in [9.17, 15) is 18.8 Å². The van der Waals surface area contributed by atoms with Gasteiger partial charge in [0.15, 0.2) is 5.69 Å². The molecule has 2 aromatic carbocycles. The fraction of sp³-hybridized carbons (Fsp3) is 0.333. The van der Waals surface area contributed by atoms with Crippen LogP contribution in [0.15, 0.2) is 60.7 Å². The summed E-state index contributed by atoms with van der Waals surface area (Å²) in [6.45, 7) is 4.42. The molecule has 4 rings (SSSR count). The molecular formula is C27H30FN5O3. The second-order valence-corrected chi connectivity index (χ2v) is 8.74. The molecule has 1 N–H and O–H groups in total. The van der Waals surface area contributed by atoms with E-state index in [1.165, 1.54) is 12.1 Å². The minimum absolute atomic E-state index is 0.123. The minimum Gasteiger partial charge on any atom is -0.352 e. The van der Waals surface area contributed by atoms with Crippen molar-refractivity contribution < 1.29 is 18.8 Å². The molecule has 1 aromatic heterocycles. The third kappa shape index (κ3) is 6.16. The van der Waals surface area contributed by atoms with Crippen molar-refractivity contribution in [2.75, 3.05) is 19.6 Å². The van der Waals surface area contributed by atoms with Crippen molar-refractivity contribution in [2.24, 2.45) is 0 Å². The molecule has 1 aliphatic heterocycles. The third-order valence-corrected chi connectivity index (χ3v) is 6.20. The maximum absolute atomic E-state index is 13.2. The van der Waals surface area contributed by atoms with Gasteiger partial charge in [-0.1, -0.05) is 42.5 Å². The van der Waals surface area contributed by atoms with Crippen molar-refractivity contribution >= 4 is 17.7 Å². The maximum atomic E-state index is 13.2. The van der Waals surface area contributed by atoms with Crippen LogP contribution in [0.25, 0.3) is 0 Å². The first-order chi connectivity index (χ1) is 17.4. The summed E-state index contributed by atoms with van der Waals surface area (Å²) in [7, 11) is 0. The average Bonchev–Trinajstić information content (AvgIpc) is 3.26. The molecule has 0 fully saturated rings. The number of halogens is 1. The molecule has 8 nitrogen and oxygen atoms in total. The summed E-state index contributed by atoms with van der Waals surface area (Å²) in [6, 6.07) is 17.3. The Kier molecular flexibility index (Phi) is 8.10. The van der Waals surface area contributed by atoms with Crippen LogP contribution >= 0.6 is 0 Å². The van der Waals surface area contributed by atoms with Gasteiger partial charge in [0.25, 0.3) is 11.8 Å². The van der Waals surface area contributed by atoms with Crippen LogP contribution in [0.3, 0.4) is 0 Å². The quantitative estimate of drug-likeness (QED) is 0.498. The highest BCUT2D eigenvalue weighted by atomic mass is 19.1.